The molecule has 132 heavy (non-hydrogen) atoms. The molecule has 24 heteroatoms. The zero-order valence-electron chi connectivity index (χ0n) is 83.6. The van der Waals surface area contributed by atoms with Gasteiger partial charge < -0.3 is 40.9 Å². The Kier molecular flexibility index (Phi) is 33.0. The van der Waals surface area contributed by atoms with E-state index in [0.717, 1.165) is 67.3 Å². The summed E-state index contributed by atoms with van der Waals surface area (Å²) in [7, 11) is -12.7. The summed E-state index contributed by atoms with van der Waals surface area (Å²) in [5.41, 5.74) is 4.51. The van der Waals surface area contributed by atoms with Crippen molar-refractivity contribution in [1.29, 1.82) is 5.26 Å². The molecule has 0 saturated carbocycles. The third-order valence-corrected chi connectivity index (χ3v) is 44.7. The summed E-state index contributed by atoms with van der Waals surface area (Å²) in [4.78, 5) is 19.3. The molecule has 8 atom stereocenters. The van der Waals surface area contributed by atoms with Crippen LogP contribution in [0.15, 0.2) is 231 Å². The number of nitrogens with zero attached hydrogens (tertiary/aromatic N) is 7. The maximum atomic E-state index is 13.3. The van der Waals surface area contributed by atoms with Crippen molar-refractivity contribution in [2.45, 2.75) is 287 Å². The number of hydrogen-bond donors (Lipinski definition) is 8. The summed E-state index contributed by atoms with van der Waals surface area (Å²) in [5, 5.41) is 117. The first kappa shape index (κ1) is 106. The van der Waals surface area contributed by atoms with Gasteiger partial charge in [-0.2, -0.15) is 5.26 Å². The molecule has 6 heterocycles. The maximum absolute atomic E-state index is 13.3. The van der Waals surface area contributed by atoms with Gasteiger partial charge in [-0.25, -0.2) is 0 Å². The number of hydrogen-bond acceptors (Lipinski definition) is 15. The fourth-order valence-electron chi connectivity index (χ4n) is 20.2. The minimum absolute atomic E-state index is 0. The molecule has 10 aromatic rings. The van der Waals surface area contributed by atoms with Crippen LogP contribution in [0.2, 0.25) is 157 Å². The molecular formula is C108H153N7NiO8Si8. The Morgan fingerprint density at radius 2 is 0.379 bits per heavy atom. The first-order valence-corrected chi connectivity index (χ1v) is 75.6. The summed E-state index contributed by atoms with van der Waals surface area (Å²) in [6.07, 6.45) is -0.732. The number of nitriles is 1. The number of pyridine rings is 2. The number of benzene rings is 8. The third kappa shape index (κ3) is 24.0. The van der Waals surface area contributed by atoms with Crippen LogP contribution >= 0.6 is 0 Å². The molecule has 8 aromatic carbocycles. The zero-order chi connectivity index (χ0) is 96.0. The molecule has 0 radical (unpaired) electrons. The van der Waals surface area contributed by atoms with Gasteiger partial charge in [-0.3, -0.25) is 29.6 Å². The van der Waals surface area contributed by atoms with Crippen LogP contribution in [0.4, 0.5) is 0 Å². The largest absolute Gasteiger partial charge is 0.392 e. The van der Waals surface area contributed by atoms with Crippen LogP contribution in [0, 0.1) is 11.3 Å². The fraction of sp³-hybridized carbons (Fsp3) is 0.454. The Bertz CT molecular complexity index is 4630. The molecule has 15 nitrogen and oxygen atoms in total. The normalized spacial score (nSPS) is 20.3. The van der Waals surface area contributed by atoms with E-state index in [1.807, 2.05) is 36.4 Å². The smallest absolute Gasteiger partial charge is 0.130 e. The Balaban J connectivity index is 0.000000245. The van der Waals surface area contributed by atoms with Gasteiger partial charge in [-0.05, 0) is 94.5 Å². The number of likely N-dealkylation sites (tertiary alicyclic amines) is 4. The average molecular weight is 1960 g/mol. The van der Waals surface area contributed by atoms with Crippen molar-refractivity contribution < 1.29 is 57.3 Å². The molecule has 7 unspecified atom stereocenters. The van der Waals surface area contributed by atoms with Crippen LogP contribution in [0.25, 0.3) is 0 Å². The average Bonchev–Trinajstić information content (AvgIpc) is 1.47. The van der Waals surface area contributed by atoms with Crippen LogP contribution in [0.5, 0.6) is 0 Å². The van der Waals surface area contributed by atoms with Crippen LogP contribution in [0.1, 0.15) is 99.9 Å². The summed E-state index contributed by atoms with van der Waals surface area (Å²) >= 11 is 0. The Morgan fingerprint density at radius 3 is 0.492 bits per heavy atom. The van der Waals surface area contributed by atoms with Crippen molar-refractivity contribution in [3.05, 3.63) is 298 Å². The van der Waals surface area contributed by atoms with Gasteiger partial charge in [-0.15, -0.1) is 0 Å². The van der Waals surface area contributed by atoms with Crippen molar-refractivity contribution >= 4 is 106 Å². The minimum Gasteiger partial charge on any atom is -0.392 e. The van der Waals surface area contributed by atoms with Crippen molar-refractivity contribution in [3.8, 4) is 6.07 Å². The van der Waals surface area contributed by atoms with E-state index in [9.17, 15) is 40.9 Å². The second kappa shape index (κ2) is 41.1. The van der Waals surface area contributed by atoms with Crippen molar-refractivity contribution in [3.63, 3.8) is 0 Å². The molecule has 2 aromatic heterocycles. The van der Waals surface area contributed by atoms with E-state index in [1.54, 1.807) is 6.07 Å². The van der Waals surface area contributed by atoms with Gasteiger partial charge in [-0.1, -0.05) is 405 Å². The summed E-state index contributed by atoms with van der Waals surface area (Å²) in [6.45, 7) is 61.0. The molecule has 0 aliphatic carbocycles. The summed E-state index contributed by atoms with van der Waals surface area (Å²) in [5.74, 6) is 0. The van der Waals surface area contributed by atoms with Gasteiger partial charge in [0.25, 0.3) is 0 Å². The van der Waals surface area contributed by atoms with Gasteiger partial charge in [0.1, 0.15) is 22.4 Å². The zero-order valence-corrected chi connectivity index (χ0v) is 92.6. The van der Waals surface area contributed by atoms with E-state index in [2.05, 4.69) is 371 Å². The maximum Gasteiger partial charge on any atom is 0.130 e. The first-order valence-electron chi connectivity index (χ1n) is 47.6. The molecule has 710 valence electrons. The predicted octanol–water partition coefficient (Wildman–Crippen LogP) is 14.5. The monoisotopic (exact) mass is 1960 g/mol. The van der Waals surface area contributed by atoms with Gasteiger partial charge >= 0.3 is 0 Å². The van der Waals surface area contributed by atoms with E-state index in [0.29, 0.717) is 78.0 Å². The Labute approximate surface area is 809 Å². The minimum atomic E-state index is -1.58. The summed E-state index contributed by atoms with van der Waals surface area (Å²) in [6, 6.07) is 81.0. The molecule has 0 bridgehead atoms. The Hall–Kier alpha value is -6.70. The predicted molar refractivity (Wildman–Crippen MR) is 566 cm³/mol. The van der Waals surface area contributed by atoms with E-state index < -0.39 is 136 Å². The molecule has 4 aliphatic rings. The van der Waals surface area contributed by atoms with Crippen LogP contribution in [-0.2, 0) is 65.1 Å². The first-order chi connectivity index (χ1) is 61.0. The van der Waals surface area contributed by atoms with E-state index in [4.69, 9.17) is 15.2 Å². The standard InChI is InChI=1S/2C53H75N3O4Si4.C2H3N.Ni/c2*1-61(2,3)46-24-16-38(17-25-46)52(59,39-18-26-47(27-19-39)62(4,5)6)50-32-44(57)36-55(50)34-42-14-13-15-43(54-42)35-56-37-45(58)33-51(56)53(60,40-20-28-48(29-21-40)63(7,8)9)41-22-30-49(31-23-41)64(10,11)12;1-2-3;/h2*13-31,44-45,50-51,57-60H,32-37H2,1-12H3;1H3;/t44?,45?,50-,51?;;;/m1.../s1. The topological polar surface area (TPSA) is 224 Å². The number of aromatic nitrogens is 2. The van der Waals surface area contributed by atoms with Crippen LogP contribution < -0.4 is 41.5 Å². The van der Waals surface area contributed by atoms with Gasteiger partial charge in [0.2, 0.25) is 0 Å². The fourth-order valence-corrected chi connectivity index (χ4v) is 29.5. The van der Waals surface area contributed by atoms with E-state index >= 15 is 0 Å². The second-order valence-corrected chi connectivity index (χ2v) is 87.1. The third-order valence-electron chi connectivity index (χ3n) is 28.2. The molecular weight excluding hydrogens is 1810 g/mol. The Morgan fingerprint density at radius 1 is 0.258 bits per heavy atom. The SMILES string of the molecule is CC#N.C[Si](C)(C)c1ccc(C(O)(c2ccc([Si](C)(C)C)cc2)C2CC(O)CN2Cc2cccc(CN3CC(O)CC3C(O)(c3ccc([Si](C)(C)C)cc3)c3ccc([Si](C)(C)C)cc3)n2)cc1.C[Si](C)(C)c1ccc(C(O)(c2ccc([Si](C)(C)C)cc2)C2CC(O)CN2Cc2cccc(CN3CC(O)C[C@@H]3C(O)(c3ccc([Si](C)(C)C)cc3)c3ccc([Si](C)(C)C)cc3)n2)cc1.[Ni]. The molecule has 0 amide bonds. The quantitative estimate of drug-likeness (QED) is 0.0214. The molecule has 0 spiro atoms. The molecule has 8 N–H and O–H groups in total. The number of β-amino-alcohol motifs (C(OH)–C–C–N with tert-alkyl or cyclic N) is 4. The van der Waals surface area contributed by atoms with Gasteiger partial charge in [0, 0.05) is 99.9 Å². The van der Waals surface area contributed by atoms with Crippen molar-refractivity contribution in [2.24, 2.45) is 0 Å². The molecule has 4 saturated heterocycles. The second-order valence-electron chi connectivity index (χ2n) is 46.5. The van der Waals surface area contributed by atoms with Crippen molar-refractivity contribution in [2.75, 3.05) is 26.2 Å². The molecule has 4 fully saturated rings. The van der Waals surface area contributed by atoms with Crippen LogP contribution in [0.3, 0.4) is 0 Å². The van der Waals surface area contributed by atoms with Gasteiger partial charge in [0.05, 0.1) is 118 Å². The summed E-state index contributed by atoms with van der Waals surface area (Å²) < 4.78 is 0. The van der Waals surface area contributed by atoms with Gasteiger partial charge in [0.15, 0.2) is 0 Å². The molecule has 14 rings (SSSR count). The number of aliphatic hydroxyl groups is 8. The van der Waals surface area contributed by atoms with Crippen LogP contribution in [-0.4, -0.2) is 210 Å². The molecule has 4 aliphatic heterocycles. The van der Waals surface area contributed by atoms with Crippen molar-refractivity contribution in [1.82, 2.24) is 29.6 Å². The van der Waals surface area contributed by atoms with E-state index in [-0.39, 0.29) is 16.5 Å². The number of aliphatic hydroxyl groups excluding tert-OH is 4. The number of rotatable bonds is 28. The van der Waals surface area contributed by atoms with E-state index in [1.165, 1.54) is 48.4 Å².